The average Bonchev–Trinajstić information content (AvgIpc) is 2.66. The quantitative estimate of drug-likeness (QED) is 0.460. The summed E-state index contributed by atoms with van der Waals surface area (Å²) in [7, 11) is 1.03. The Hall–Kier alpha value is -3.43. The Bertz CT molecular complexity index is 899. The number of ether oxygens (including phenoxy) is 1. The third-order valence-electron chi connectivity index (χ3n) is 3.86. The molecule has 0 aliphatic heterocycles. The van der Waals surface area contributed by atoms with E-state index in [1.165, 1.54) is 36.4 Å². The highest BCUT2D eigenvalue weighted by molar-refractivity contribution is 5.97. The molecule has 0 radical (unpaired) electrons. The first-order valence-electron chi connectivity index (χ1n) is 7.91. The van der Waals surface area contributed by atoms with E-state index in [0.717, 1.165) is 19.2 Å². The summed E-state index contributed by atoms with van der Waals surface area (Å²) in [6.45, 7) is 0. The van der Waals surface area contributed by atoms with E-state index in [2.05, 4.69) is 10.1 Å². The van der Waals surface area contributed by atoms with Crippen LogP contribution in [0.3, 0.4) is 0 Å². The Kier molecular flexibility index (Phi) is 6.34. The van der Waals surface area contributed by atoms with Crippen molar-refractivity contribution in [3.05, 3.63) is 75.3 Å². The van der Waals surface area contributed by atoms with E-state index in [1.807, 2.05) is 0 Å². The molecule has 1 N–H and O–H groups in total. The highest BCUT2D eigenvalue weighted by Gasteiger charge is 2.34. The third kappa shape index (κ3) is 5.06. The first-order valence-corrected chi connectivity index (χ1v) is 7.91. The van der Waals surface area contributed by atoms with Crippen LogP contribution >= 0.6 is 0 Å². The van der Waals surface area contributed by atoms with E-state index in [-0.39, 0.29) is 16.8 Å². The highest BCUT2D eigenvalue weighted by atomic mass is 19.4. The zero-order valence-electron chi connectivity index (χ0n) is 14.5. The summed E-state index contributed by atoms with van der Waals surface area (Å²) in [5, 5.41) is 13.1. The molecule has 10 heteroatoms. The van der Waals surface area contributed by atoms with Crippen LogP contribution in [0.1, 0.15) is 21.5 Å². The summed E-state index contributed by atoms with van der Waals surface area (Å²) in [4.78, 5) is 34.5. The van der Waals surface area contributed by atoms with Crippen LogP contribution in [0.4, 0.5) is 18.9 Å². The number of hydrogen-bond donors (Lipinski definition) is 1. The maximum atomic E-state index is 13.2. The largest absolute Gasteiger partial charge is 0.467 e. The van der Waals surface area contributed by atoms with Gasteiger partial charge in [-0.15, -0.1) is 0 Å². The lowest BCUT2D eigenvalue weighted by molar-refractivity contribution is -0.384. The maximum absolute atomic E-state index is 13.2. The molecule has 2 rings (SSSR count). The number of amides is 1. The second-order valence-electron chi connectivity index (χ2n) is 5.72. The molecule has 2 aromatic rings. The number of nitrogens with zero attached hydrogens (tertiary/aromatic N) is 1. The summed E-state index contributed by atoms with van der Waals surface area (Å²) < 4.78 is 44.1. The molecule has 0 spiro atoms. The van der Waals surface area contributed by atoms with Crippen molar-refractivity contribution in [1.82, 2.24) is 5.32 Å². The molecule has 0 aromatic heterocycles. The Balaban J connectivity index is 2.29. The molecule has 148 valence electrons. The van der Waals surface area contributed by atoms with E-state index in [4.69, 9.17) is 0 Å². The van der Waals surface area contributed by atoms with Gasteiger partial charge in [-0.25, -0.2) is 4.79 Å². The Morgan fingerprint density at radius 3 is 2.46 bits per heavy atom. The summed E-state index contributed by atoms with van der Waals surface area (Å²) in [6.07, 6.45) is -5.11. The molecule has 0 unspecified atom stereocenters. The van der Waals surface area contributed by atoms with Crippen LogP contribution in [0.5, 0.6) is 0 Å². The molecule has 7 nitrogen and oxygen atoms in total. The molecule has 0 saturated carbocycles. The van der Waals surface area contributed by atoms with Crippen molar-refractivity contribution in [2.75, 3.05) is 7.11 Å². The second kappa shape index (κ2) is 8.51. The minimum Gasteiger partial charge on any atom is -0.467 e. The van der Waals surface area contributed by atoms with Gasteiger partial charge < -0.3 is 10.1 Å². The van der Waals surface area contributed by atoms with Crippen molar-refractivity contribution in [3.63, 3.8) is 0 Å². The molecule has 0 heterocycles. The van der Waals surface area contributed by atoms with E-state index in [1.54, 1.807) is 0 Å². The van der Waals surface area contributed by atoms with Gasteiger partial charge in [0.2, 0.25) is 0 Å². The number of halogens is 3. The van der Waals surface area contributed by atoms with Gasteiger partial charge >= 0.3 is 12.1 Å². The van der Waals surface area contributed by atoms with Gasteiger partial charge in [0.15, 0.2) is 0 Å². The van der Waals surface area contributed by atoms with Crippen LogP contribution in [0.2, 0.25) is 0 Å². The normalized spacial score (nSPS) is 12.1. The van der Waals surface area contributed by atoms with Gasteiger partial charge in [0, 0.05) is 24.1 Å². The van der Waals surface area contributed by atoms with Crippen LogP contribution in [-0.4, -0.2) is 30.0 Å². The number of non-ortho nitro benzene ring substituents is 1. The number of benzene rings is 2. The number of alkyl halides is 3. The molecule has 0 fully saturated rings. The molecule has 2 aromatic carbocycles. The van der Waals surface area contributed by atoms with E-state index in [0.29, 0.717) is 0 Å². The Labute approximate surface area is 157 Å². The van der Waals surface area contributed by atoms with Gasteiger partial charge in [0.05, 0.1) is 17.6 Å². The average molecular weight is 396 g/mol. The van der Waals surface area contributed by atoms with Gasteiger partial charge in [0.1, 0.15) is 6.04 Å². The lowest BCUT2D eigenvalue weighted by Gasteiger charge is -2.19. The van der Waals surface area contributed by atoms with Crippen molar-refractivity contribution in [3.8, 4) is 0 Å². The number of carbonyl (C=O) groups excluding carboxylic acids is 2. The molecular formula is C18H15F3N2O5. The van der Waals surface area contributed by atoms with Gasteiger partial charge in [-0.05, 0) is 17.7 Å². The molecule has 0 saturated heterocycles. The summed E-state index contributed by atoms with van der Waals surface area (Å²) in [5.74, 6) is -1.81. The predicted octanol–water partition coefficient (Wildman–Crippen LogP) is 3.13. The van der Waals surface area contributed by atoms with Crippen LogP contribution in [0, 0.1) is 10.1 Å². The van der Waals surface area contributed by atoms with Gasteiger partial charge in [-0.2, -0.15) is 13.2 Å². The SMILES string of the molecule is COC(=O)[C@@H](Cc1ccccc1C(F)(F)F)NC(=O)c1cccc([N+](=O)[O-])c1. The summed E-state index contributed by atoms with van der Waals surface area (Å²) >= 11 is 0. The molecular weight excluding hydrogens is 381 g/mol. The van der Waals surface area contributed by atoms with Crippen molar-refractivity contribution < 1.29 is 32.4 Å². The number of esters is 1. The van der Waals surface area contributed by atoms with Crippen molar-refractivity contribution in [1.29, 1.82) is 0 Å². The Morgan fingerprint density at radius 1 is 1.18 bits per heavy atom. The third-order valence-corrected chi connectivity index (χ3v) is 3.86. The molecule has 0 aliphatic rings. The van der Waals surface area contributed by atoms with Gasteiger partial charge in [0.25, 0.3) is 11.6 Å². The monoisotopic (exact) mass is 396 g/mol. The lowest BCUT2D eigenvalue weighted by Crippen LogP contribution is -2.43. The van der Waals surface area contributed by atoms with Crippen LogP contribution in [0.15, 0.2) is 48.5 Å². The fraction of sp³-hybridized carbons (Fsp3) is 0.222. The van der Waals surface area contributed by atoms with Crippen molar-refractivity contribution in [2.24, 2.45) is 0 Å². The Morgan fingerprint density at radius 2 is 1.86 bits per heavy atom. The van der Waals surface area contributed by atoms with Gasteiger partial charge in [-0.3, -0.25) is 14.9 Å². The van der Waals surface area contributed by atoms with Crippen molar-refractivity contribution >= 4 is 17.6 Å². The topological polar surface area (TPSA) is 98.5 Å². The first-order chi connectivity index (χ1) is 13.1. The van der Waals surface area contributed by atoms with E-state index >= 15 is 0 Å². The smallest absolute Gasteiger partial charge is 0.416 e. The minimum absolute atomic E-state index is 0.118. The zero-order chi connectivity index (χ0) is 20.9. The van der Waals surface area contributed by atoms with Crippen LogP contribution in [-0.2, 0) is 22.1 Å². The summed E-state index contributed by atoms with van der Waals surface area (Å²) in [6, 6.07) is 7.95. The number of nitrogens with one attached hydrogen (secondary N) is 1. The van der Waals surface area contributed by atoms with Gasteiger partial charge in [-0.1, -0.05) is 24.3 Å². The number of rotatable bonds is 6. The molecule has 1 amide bonds. The lowest BCUT2D eigenvalue weighted by atomic mass is 9.99. The zero-order valence-corrected chi connectivity index (χ0v) is 14.5. The second-order valence-corrected chi connectivity index (χ2v) is 5.72. The highest BCUT2D eigenvalue weighted by Crippen LogP contribution is 2.32. The number of nitro groups is 1. The van der Waals surface area contributed by atoms with E-state index < -0.39 is 41.0 Å². The minimum atomic E-state index is -4.64. The molecule has 28 heavy (non-hydrogen) atoms. The predicted molar refractivity (Wildman–Crippen MR) is 91.5 cm³/mol. The fourth-order valence-electron chi connectivity index (χ4n) is 2.53. The maximum Gasteiger partial charge on any atom is 0.416 e. The molecule has 0 bridgehead atoms. The number of nitro benzene ring substituents is 1. The fourth-order valence-corrected chi connectivity index (χ4v) is 2.53. The molecule has 0 aliphatic carbocycles. The van der Waals surface area contributed by atoms with Crippen molar-refractivity contribution in [2.45, 2.75) is 18.6 Å². The number of methoxy groups -OCH3 is 1. The number of carbonyl (C=O) groups is 2. The number of hydrogen-bond acceptors (Lipinski definition) is 5. The van der Waals surface area contributed by atoms with Crippen LogP contribution < -0.4 is 5.32 Å². The standard InChI is InChI=1S/C18H15F3N2O5/c1-28-17(25)15(10-11-5-2-3-8-14(11)18(19,20)21)22-16(24)12-6-4-7-13(9-12)23(26)27/h2-9,15H,10H2,1H3,(H,22,24)/t15-/m1/s1. The van der Waals surface area contributed by atoms with Crippen LogP contribution in [0.25, 0.3) is 0 Å². The summed E-state index contributed by atoms with van der Waals surface area (Å²) in [5.41, 5.74) is -1.60. The first kappa shape index (κ1) is 20.9. The molecule has 1 atom stereocenters. The van der Waals surface area contributed by atoms with E-state index in [9.17, 15) is 32.9 Å².